The van der Waals surface area contributed by atoms with Crippen LogP contribution < -0.4 is 0 Å². The molecule has 0 spiro atoms. The number of benzene rings is 2. The van der Waals surface area contributed by atoms with E-state index in [-0.39, 0.29) is 5.41 Å². The molecule has 0 bridgehead atoms. The van der Waals surface area contributed by atoms with Crippen LogP contribution >= 0.6 is 0 Å². The van der Waals surface area contributed by atoms with Crippen molar-refractivity contribution in [3.8, 4) is 17.2 Å². The lowest BCUT2D eigenvalue weighted by atomic mass is 9.70. The standard InChI is InChI=1S/C25H31N/c1-5-15-25(16-6-2,17-14-20(3)4)24-12-10-22(11-13-24)23-9-7-8-21(18-23)19-26/h7-13,18H,3,5-6,14-17H2,1-2,4H3. The zero-order chi connectivity index (χ0) is 19.0. The van der Waals surface area contributed by atoms with Crippen LogP contribution in [0.4, 0.5) is 0 Å². The summed E-state index contributed by atoms with van der Waals surface area (Å²) in [4.78, 5) is 0. The van der Waals surface area contributed by atoms with E-state index in [2.05, 4.69) is 63.8 Å². The van der Waals surface area contributed by atoms with E-state index in [1.54, 1.807) is 0 Å². The summed E-state index contributed by atoms with van der Waals surface area (Å²) in [5.74, 6) is 0. The highest BCUT2D eigenvalue weighted by molar-refractivity contribution is 5.65. The molecule has 1 heteroatoms. The first-order chi connectivity index (χ1) is 12.5. The zero-order valence-corrected chi connectivity index (χ0v) is 16.5. The lowest BCUT2D eigenvalue weighted by Gasteiger charge is -2.35. The van der Waals surface area contributed by atoms with Crippen LogP contribution in [0.15, 0.2) is 60.7 Å². The first kappa shape index (κ1) is 20.0. The van der Waals surface area contributed by atoms with Gasteiger partial charge in [-0.15, -0.1) is 6.58 Å². The Bertz CT molecular complexity index is 755. The van der Waals surface area contributed by atoms with Gasteiger partial charge in [0.15, 0.2) is 0 Å². The zero-order valence-electron chi connectivity index (χ0n) is 16.5. The van der Waals surface area contributed by atoms with Crippen LogP contribution in [0, 0.1) is 11.3 Å². The van der Waals surface area contributed by atoms with E-state index >= 15 is 0 Å². The highest BCUT2D eigenvalue weighted by atomic mass is 14.3. The van der Waals surface area contributed by atoms with Crippen LogP contribution in [-0.2, 0) is 5.41 Å². The third-order valence-corrected chi connectivity index (χ3v) is 5.31. The maximum atomic E-state index is 9.12. The average Bonchev–Trinajstić information content (AvgIpc) is 2.66. The number of hydrogen-bond donors (Lipinski definition) is 0. The minimum atomic E-state index is 0.246. The fourth-order valence-electron chi connectivity index (χ4n) is 4.00. The quantitative estimate of drug-likeness (QED) is 0.434. The van der Waals surface area contributed by atoms with E-state index in [1.807, 2.05) is 18.2 Å². The van der Waals surface area contributed by atoms with Crippen LogP contribution in [0.25, 0.3) is 11.1 Å². The van der Waals surface area contributed by atoms with E-state index in [0.717, 1.165) is 12.0 Å². The number of rotatable bonds is 9. The average molecular weight is 346 g/mol. The largest absolute Gasteiger partial charge is 0.192 e. The molecular formula is C25H31N. The molecule has 136 valence electrons. The molecule has 0 fully saturated rings. The molecule has 0 aliphatic heterocycles. The van der Waals surface area contributed by atoms with Crippen LogP contribution in [0.3, 0.4) is 0 Å². The van der Waals surface area contributed by atoms with Crippen molar-refractivity contribution >= 4 is 0 Å². The summed E-state index contributed by atoms with van der Waals surface area (Å²) in [5, 5.41) is 9.12. The van der Waals surface area contributed by atoms with Crippen molar-refractivity contribution in [1.82, 2.24) is 0 Å². The lowest BCUT2D eigenvalue weighted by molar-refractivity contribution is 0.330. The van der Waals surface area contributed by atoms with Crippen molar-refractivity contribution in [2.45, 2.75) is 64.7 Å². The third kappa shape index (κ3) is 4.85. The fourth-order valence-corrected chi connectivity index (χ4v) is 4.00. The topological polar surface area (TPSA) is 23.8 Å². The summed E-state index contributed by atoms with van der Waals surface area (Å²) in [5.41, 5.74) is 5.95. The number of nitrogens with zero attached hydrogens (tertiary/aromatic N) is 1. The highest BCUT2D eigenvalue weighted by Crippen LogP contribution is 2.40. The molecule has 0 aliphatic carbocycles. The summed E-state index contributed by atoms with van der Waals surface area (Å²) >= 11 is 0. The van der Waals surface area contributed by atoms with Gasteiger partial charge in [-0.1, -0.05) is 68.7 Å². The van der Waals surface area contributed by atoms with Gasteiger partial charge in [0.25, 0.3) is 0 Å². The maximum absolute atomic E-state index is 9.12. The minimum absolute atomic E-state index is 0.246. The summed E-state index contributed by atoms with van der Waals surface area (Å²) in [6, 6.07) is 19.1. The predicted molar refractivity (Wildman–Crippen MR) is 112 cm³/mol. The lowest BCUT2D eigenvalue weighted by Crippen LogP contribution is -2.26. The van der Waals surface area contributed by atoms with Crippen molar-refractivity contribution < 1.29 is 0 Å². The van der Waals surface area contributed by atoms with Crippen molar-refractivity contribution in [3.05, 3.63) is 71.8 Å². The molecule has 0 atom stereocenters. The van der Waals surface area contributed by atoms with E-state index in [9.17, 15) is 0 Å². The van der Waals surface area contributed by atoms with Gasteiger partial charge in [-0.25, -0.2) is 0 Å². The Labute approximate surface area is 159 Å². The molecule has 0 heterocycles. The van der Waals surface area contributed by atoms with E-state index < -0.39 is 0 Å². The van der Waals surface area contributed by atoms with E-state index in [1.165, 1.54) is 48.8 Å². The predicted octanol–water partition coefficient (Wildman–Crippen LogP) is 7.42. The molecule has 26 heavy (non-hydrogen) atoms. The molecule has 0 saturated heterocycles. The monoisotopic (exact) mass is 345 g/mol. The van der Waals surface area contributed by atoms with Gasteiger partial charge in [-0.2, -0.15) is 5.26 Å². The van der Waals surface area contributed by atoms with Gasteiger partial charge >= 0.3 is 0 Å². The van der Waals surface area contributed by atoms with Gasteiger partial charge in [-0.3, -0.25) is 0 Å². The second kappa shape index (κ2) is 9.39. The minimum Gasteiger partial charge on any atom is -0.192 e. The summed E-state index contributed by atoms with van der Waals surface area (Å²) < 4.78 is 0. The van der Waals surface area contributed by atoms with Gasteiger partial charge in [0.2, 0.25) is 0 Å². The van der Waals surface area contributed by atoms with Crippen LogP contribution in [0.5, 0.6) is 0 Å². The molecule has 0 aromatic heterocycles. The van der Waals surface area contributed by atoms with Gasteiger partial charge in [-0.05, 0) is 66.8 Å². The summed E-state index contributed by atoms with van der Waals surface area (Å²) in [6.45, 7) is 10.8. The number of allylic oxidation sites excluding steroid dienone is 1. The maximum Gasteiger partial charge on any atom is 0.0991 e. The Morgan fingerprint density at radius 2 is 1.62 bits per heavy atom. The molecule has 0 aliphatic rings. The van der Waals surface area contributed by atoms with Crippen LogP contribution in [-0.4, -0.2) is 0 Å². The van der Waals surface area contributed by atoms with Crippen molar-refractivity contribution in [2.24, 2.45) is 0 Å². The third-order valence-electron chi connectivity index (χ3n) is 5.31. The number of nitriles is 1. The molecule has 2 aromatic carbocycles. The van der Waals surface area contributed by atoms with Crippen LogP contribution in [0.2, 0.25) is 0 Å². The molecule has 2 aromatic rings. The van der Waals surface area contributed by atoms with Gasteiger partial charge in [0, 0.05) is 0 Å². The van der Waals surface area contributed by atoms with Gasteiger partial charge < -0.3 is 0 Å². The first-order valence-corrected chi connectivity index (χ1v) is 9.80. The fraction of sp³-hybridized carbons (Fsp3) is 0.400. The summed E-state index contributed by atoms with van der Waals surface area (Å²) in [6.07, 6.45) is 7.10. The molecule has 0 amide bonds. The summed E-state index contributed by atoms with van der Waals surface area (Å²) in [7, 11) is 0. The SMILES string of the molecule is C=C(C)CCC(CCC)(CCC)c1ccc(-c2cccc(C#N)c2)cc1. The Balaban J connectivity index is 2.36. The van der Waals surface area contributed by atoms with Crippen molar-refractivity contribution in [1.29, 1.82) is 5.26 Å². The second-order valence-electron chi connectivity index (χ2n) is 7.51. The molecule has 0 N–H and O–H groups in total. The van der Waals surface area contributed by atoms with E-state index in [4.69, 9.17) is 5.26 Å². The Morgan fingerprint density at radius 1 is 0.962 bits per heavy atom. The first-order valence-electron chi connectivity index (χ1n) is 9.80. The highest BCUT2D eigenvalue weighted by Gasteiger charge is 2.30. The molecule has 2 rings (SSSR count). The molecule has 1 nitrogen and oxygen atoms in total. The van der Waals surface area contributed by atoms with Crippen molar-refractivity contribution in [3.63, 3.8) is 0 Å². The molecule has 0 unspecified atom stereocenters. The smallest absolute Gasteiger partial charge is 0.0991 e. The number of hydrogen-bond acceptors (Lipinski definition) is 1. The van der Waals surface area contributed by atoms with Crippen LogP contribution in [0.1, 0.15) is 70.4 Å². The van der Waals surface area contributed by atoms with Gasteiger partial charge in [0.05, 0.1) is 11.6 Å². The van der Waals surface area contributed by atoms with Crippen molar-refractivity contribution in [2.75, 3.05) is 0 Å². The molecule has 0 radical (unpaired) electrons. The van der Waals surface area contributed by atoms with Gasteiger partial charge in [0.1, 0.15) is 0 Å². The van der Waals surface area contributed by atoms with E-state index in [0.29, 0.717) is 5.56 Å². The Hall–Kier alpha value is -2.33. The Morgan fingerprint density at radius 3 is 2.15 bits per heavy atom. The molecule has 0 saturated carbocycles. The second-order valence-corrected chi connectivity index (χ2v) is 7.51. The molecular weight excluding hydrogens is 314 g/mol. The Kier molecular flexibility index (Phi) is 7.22. The normalized spacial score (nSPS) is 11.2.